The molecule has 0 heterocycles. The molecule has 19 heavy (non-hydrogen) atoms. The molecule has 100 valence electrons. The van der Waals surface area contributed by atoms with Crippen LogP contribution in [0.1, 0.15) is 31.9 Å². The van der Waals surface area contributed by atoms with Crippen molar-refractivity contribution in [2.75, 3.05) is 0 Å². The first-order chi connectivity index (χ1) is 8.90. The Morgan fingerprint density at radius 2 is 2.21 bits per heavy atom. The van der Waals surface area contributed by atoms with Crippen molar-refractivity contribution in [3.8, 4) is 6.07 Å². The minimum absolute atomic E-state index is 0.392. The number of alkyl carbamates (subject to hydrolysis) is 1. The first-order valence-electron chi connectivity index (χ1n) is 6.03. The van der Waals surface area contributed by atoms with Crippen molar-refractivity contribution in [3.05, 3.63) is 41.5 Å². The number of amides is 1. The monoisotopic (exact) mass is 258 g/mol. The summed E-state index contributed by atoms with van der Waals surface area (Å²) in [6.45, 7) is 5.85. The van der Waals surface area contributed by atoms with Crippen LogP contribution in [0, 0.1) is 11.3 Å². The van der Waals surface area contributed by atoms with Crippen LogP contribution in [-0.4, -0.2) is 11.7 Å². The number of hydrogen-bond donors (Lipinski definition) is 1. The number of benzene rings is 1. The Hall–Kier alpha value is -2.28. The van der Waals surface area contributed by atoms with Crippen LogP contribution in [0.15, 0.2) is 30.3 Å². The van der Waals surface area contributed by atoms with Gasteiger partial charge >= 0.3 is 6.09 Å². The number of nitrogens with zero attached hydrogens (tertiary/aromatic N) is 1. The van der Waals surface area contributed by atoms with E-state index in [4.69, 9.17) is 10.00 Å². The average Bonchev–Trinajstić information content (AvgIpc) is 2.32. The maximum absolute atomic E-state index is 11.5. The number of carbonyl (C=O) groups excluding carboxylic acids is 1. The summed E-state index contributed by atoms with van der Waals surface area (Å²) in [7, 11) is 0. The normalized spacial score (nSPS) is 11.1. The van der Waals surface area contributed by atoms with Crippen LogP contribution in [0.5, 0.6) is 0 Å². The van der Waals surface area contributed by atoms with Gasteiger partial charge in [0.2, 0.25) is 0 Å². The highest BCUT2D eigenvalue weighted by molar-refractivity contribution is 5.67. The quantitative estimate of drug-likeness (QED) is 0.846. The van der Waals surface area contributed by atoms with Gasteiger partial charge in [0.05, 0.1) is 6.07 Å². The smallest absolute Gasteiger partial charge is 0.407 e. The second kappa shape index (κ2) is 6.60. The van der Waals surface area contributed by atoms with E-state index in [0.29, 0.717) is 6.54 Å². The lowest BCUT2D eigenvalue weighted by Crippen LogP contribution is -2.32. The molecule has 1 N–H and O–H groups in total. The number of ether oxygens (including phenoxy) is 1. The summed E-state index contributed by atoms with van der Waals surface area (Å²) < 4.78 is 5.15. The summed E-state index contributed by atoms with van der Waals surface area (Å²) in [6, 6.07) is 9.52. The Kier molecular flexibility index (Phi) is 5.13. The molecule has 0 radical (unpaired) electrons. The lowest BCUT2D eigenvalue weighted by atomic mass is 10.1. The molecule has 0 aliphatic rings. The van der Waals surface area contributed by atoms with Gasteiger partial charge < -0.3 is 10.1 Å². The van der Waals surface area contributed by atoms with Gasteiger partial charge in [-0.2, -0.15) is 5.26 Å². The first-order valence-corrected chi connectivity index (χ1v) is 6.03. The van der Waals surface area contributed by atoms with Gasteiger partial charge in [-0.05, 0) is 44.0 Å². The second-order valence-electron chi connectivity index (χ2n) is 5.06. The highest BCUT2D eigenvalue weighted by atomic mass is 16.6. The number of hydrogen-bond acceptors (Lipinski definition) is 3. The third kappa shape index (κ3) is 6.27. The molecule has 0 aliphatic carbocycles. The molecule has 0 spiro atoms. The zero-order chi connectivity index (χ0) is 14.3. The van der Waals surface area contributed by atoms with Gasteiger partial charge in [0.25, 0.3) is 0 Å². The maximum atomic E-state index is 11.5. The molecule has 0 saturated carbocycles. The number of nitrogens with one attached hydrogen (secondary N) is 1. The van der Waals surface area contributed by atoms with Crippen molar-refractivity contribution in [1.82, 2.24) is 5.32 Å². The molecule has 4 nitrogen and oxygen atoms in total. The maximum Gasteiger partial charge on any atom is 0.407 e. The molecule has 0 aliphatic heterocycles. The highest BCUT2D eigenvalue weighted by Crippen LogP contribution is 2.09. The van der Waals surface area contributed by atoms with E-state index >= 15 is 0 Å². The van der Waals surface area contributed by atoms with E-state index < -0.39 is 11.7 Å². The number of allylic oxidation sites excluding steroid dienone is 1. The summed E-state index contributed by atoms with van der Waals surface area (Å²) in [6.07, 6.45) is 2.70. The van der Waals surface area contributed by atoms with Crippen molar-refractivity contribution in [2.45, 2.75) is 32.9 Å². The minimum atomic E-state index is -0.499. The zero-order valence-corrected chi connectivity index (χ0v) is 11.4. The fourth-order valence-corrected chi connectivity index (χ4v) is 1.43. The van der Waals surface area contributed by atoms with Gasteiger partial charge in [0.1, 0.15) is 5.60 Å². The molecular formula is C15H18N2O2. The minimum Gasteiger partial charge on any atom is -0.444 e. The van der Waals surface area contributed by atoms with Crippen molar-refractivity contribution >= 4 is 12.2 Å². The Balaban J connectivity index is 2.56. The van der Waals surface area contributed by atoms with Gasteiger partial charge in [-0.15, -0.1) is 0 Å². The third-order valence-corrected chi connectivity index (χ3v) is 2.14. The first kappa shape index (κ1) is 14.8. The highest BCUT2D eigenvalue weighted by Gasteiger charge is 2.15. The van der Waals surface area contributed by atoms with Crippen molar-refractivity contribution in [1.29, 1.82) is 5.26 Å². The predicted molar refractivity (Wildman–Crippen MR) is 74.2 cm³/mol. The van der Waals surface area contributed by atoms with E-state index in [1.807, 2.05) is 51.1 Å². The number of nitriles is 1. The fraction of sp³-hybridized carbons (Fsp3) is 0.333. The van der Waals surface area contributed by atoms with Crippen molar-refractivity contribution in [2.24, 2.45) is 0 Å². The summed E-state index contributed by atoms with van der Waals surface area (Å²) in [5, 5.41) is 11.2. The summed E-state index contributed by atoms with van der Waals surface area (Å²) in [5.41, 5.74) is 1.37. The fourth-order valence-electron chi connectivity index (χ4n) is 1.43. The standard InChI is InChI=1S/C15H18N2O2/c1-15(2,3)19-14(18)17-11-13-7-4-6-12(10-13)8-5-9-16/h4-8,10H,11H2,1-3H3,(H,17,18). The number of rotatable bonds is 3. The Morgan fingerprint density at radius 3 is 2.84 bits per heavy atom. The van der Waals surface area contributed by atoms with E-state index in [1.54, 1.807) is 6.08 Å². The Morgan fingerprint density at radius 1 is 1.47 bits per heavy atom. The van der Waals surface area contributed by atoms with Crippen LogP contribution in [0.2, 0.25) is 0 Å². The van der Waals surface area contributed by atoms with Gasteiger partial charge in [0.15, 0.2) is 0 Å². The van der Waals surface area contributed by atoms with E-state index in [9.17, 15) is 4.79 Å². The van der Waals surface area contributed by atoms with E-state index in [-0.39, 0.29) is 0 Å². The summed E-state index contributed by atoms with van der Waals surface area (Å²) in [4.78, 5) is 11.5. The molecule has 1 aromatic rings. The molecule has 0 bridgehead atoms. The largest absolute Gasteiger partial charge is 0.444 e. The zero-order valence-electron chi connectivity index (χ0n) is 11.4. The van der Waals surface area contributed by atoms with E-state index in [1.165, 1.54) is 6.08 Å². The van der Waals surface area contributed by atoms with Crippen molar-refractivity contribution in [3.63, 3.8) is 0 Å². The molecule has 1 rings (SSSR count). The average molecular weight is 258 g/mol. The Labute approximate surface area is 113 Å². The molecular weight excluding hydrogens is 240 g/mol. The van der Waals surface area contributed by atoms with Crippen LogP contribution < -0.4 is 5.32 Å². The van der Waals surface area contributed by atoms with Gasteiger partial charge in [-0.1, -0.05) is 18.2 Å². The second-order valence-corrected chi connectivity index (χ2v) is 5.06. The Bertz CT molecular complexity index is 508. The number of carbonyl (C=O) groups is 1. The molecule has 0 fully saturated rings. The molecule has 4 heteroatoms. The van der Waals surface area contributed by atoms with Crippen LogP contribution in [0.3, 0.4) is 0 Å². The van der Waals surface area contributed by atoms with E-state index in [2.05, 4.69) is 5.32 Å². The molecule has 0 saturated heterocycles. The van der Waals surface area contributed by atoms with Crippen molar-refractivity contribution < 1.29 is 9.53 Å². The van der Waals surface area contributed by atoms with Crippen LogP contribution >= 0.6 is 0 Å². The van der Waals surface area contributed by atoms with E-state index in [0.717, 1.165) is 11.1 Å². The predicted octanol–water partition coefficient (Wildman–Crippen LogP) is 3.25. The lowest BCUT2D eigenvalue weighted by molar-refractivity contribution is 0.0523. The molecule has 0 unspecified atom stereocenters. The summed E-state index contributed by atoms with van der Waals surface area (Å²) in [5.74, 6) is 0. The van der Waals surface area contributed by atoms with Gasteiger partial charge in [-0.25, -0.2) is 4.79 Å². The molecule has 1 amide bonds. The van der Waals surface area contributed by atoms with Gasteiger partial charge in [0, 0.05) is 12.6 Å². The van der Waals surface area contributed by atoms with Crippen LogP contribution in [0.4, 0.5) is 4.79 Å². The molecule has 0 atom stereocenters. The summed E-state index contributed by atoms with van der Waals surface area (Å²) >= 11 is 0. The SMILES string of the molecule is CC(C)(C)OC(=O)NCc1cccc(C=CC#N)c1. The molecule has 1 aromatic carbocycles. The lowest BCUT2D eigenvalue weighted by Gasteiger charge is -2.19. The van der Waals surface area contributed by atoms with Crippen LogP contribution in [0.25, 0.3) is 6.08 Å². The molecule has 0 aromatic heterocycles. The topological polar surface area (TPSA) is 62.1 Å². The third-order valence-electron chi connectivity index (χ3n) is 2.14. The van der Waals surface area contributed by atoms with Crippen LogP contribution in [-0.2, 0) is 11.3 Å². The van der Waals surface area contributed by atoms with Gasteiger partial charge in [-0.3, -0.25) is 0 Å².